The molecule has 2 atom stereocenters. The number of aromatic nitrogens is 1. The molecular formula is C23H26N2O. The topological polar surface area (TPSA) is 25.4 Å². The van der Waals surface area contributed by atoms with Gasteiger partial charge in [-0.05, 0) is 74.2 Å². The highest BCUT2D eigenvalue weighted by Gasteiger charge is 2.31. The summed E-state index contributed by atoms with van der Waals surface area (Å²) in [4.78, 5) is 7.31. The summed E-state index contributed by atoms with van der Waals surface area (Å²) in [5.41, 5.74) is 5.12. The van der Waals surface area contributed by atoms with Crippen LogP contribution in [0.5, 0.6) is 5.75 Å². The lowest BCUT2D eigenvalue weighted by molar-refractivity contribution is 0.274. The average molecular weight is 346 g/mol. The Bertz CT molecular complexity index is 919. The number of nitrogens with zero attached hydrogens (tertiary/aromatic N) is 2. The molecule has 1 aliphatic rings. The van der Waals surface area contributed by atoms with Gasteiger partial charge in [0.05, 0.1) is 12.6 Å². The molecule has 0 bridgehead atoms. The zero-order valence-corrected chi connectivity index (χ0v) is 15.8. The molecule has 0 amide bonds. The fourth-order valence-electron chi connectivity index (χ4n) is 4.28. The predicted octanol–water partition coefficient (Wildman–Crippen LogP) is 4.30. The van der Waals surface area contributed by atoms with Crippen molar-refractivity contribution < 1.29 is 4.74 Å². The lowest BCUT2D eigenvalue weighted by Gasteiger charge is -2.35. The van der Waals surface area contributed by atoms with Crippen molar-refractivity contribution in [3.05, 3.63) is 71.4 Å². The highest BCUT2D eigenvalue weighted by atomic mass is 16.5. The molecule has 2 aromatic carbocycles. The van der Waals surface area contributed by atoms with E-state index in [-0.39, 0.29) is 0 Å². The first kappa shape index (κ1) is 17.0. The highest BCUT2D eigenvalue weighted by Crippen LogP contribution is 2.38. The predicted molar refractivity (Wildman–Crippen MR) is 107 cm³/mol. The summed E-state index contributed by atoms with van der Waals surface area (Å²) in [7, 11) is 6.06. The molecule has 0 N–H and O–H groups in total. The third-order valence-electron chi connectivity index (χ3n) is 5.48. The van der Waals surface area contributed by atoms with E-state index in [1.807, 2.05) is 6.07 Å². The first-order chi connectivity index (χ1) is 12.6. The Labute approximate surface area is 155 Å². The molecule has 0 saturated carbocycles. The lowest BCUT2D eigenvalue weighted by atomic mass is 9.74. The summed E-state index contributed by atoms with van der Waals surface area (Å²) in [6, 6.07) is 19.3. The van der Waals surface area contributed by atoms with Crippen LogP contribution in [0.4, 0.5) is 0 Å². The fourth-order valence-corrected chi connectivity index (χ4v) is 4.28. The van der Waals surface area contributed by atoms with Crippen LogP contribution >= 0.6 is 0 Å². The van der Waals surface area contributed by atoms with Crippen LogP contribution in [0.25, 0.3) is 10.9 Å². The van der Waals surface area contributed by atoms with Gasteiger partial charge in [0.2, 0.25) is 0 Å². The van der Waals surface area contributed by atoms with Gasteiger partial charge in [-0.15, -0.1) is 0 Å². The standard InChI is InChI=1S/C23H26N2O/c1-25(2)15-19-12-18-11-17-7-4-5-10-22(17)24-23(18)14-21(19)16-8-6-9-20(13-16)26-3/h4-11,13,19,21H,12,14-15H2,1-3H3/t19-,21+/m0/s1. The smallest absolute Gasteiger partial charge is 0.119 e. The van der Waals surface area contributed by atoms with E-state index in [0.29, 0.717) is 11.8 Å². The lowest BCUT2D eigenvalue weighted by Crippen LogP contribution is -2.33. The molecule has 0 radical (unpaired) electrons. The zero-order valence-electron chi connectivity index (χ0n) is 15.8. The number of fused-ring (bicyclic) bond motifs is 2. The SMILES string of the molecule is COc1cccc([C@H]2Cc3nc4ccccc4cc3C[C@H]2CN(C)C)c1. The second-order valence-corrected chi connectivity index (χ2v) is 7.60. The fraction of sp³-hybridized carbons (Fsp3) is 0.348. The highest BCUT2D eigenvalue weighted by molar-refractivity contribution is 5.79. The number of pyridine rings is 1. The first-order valence-corrected chi connectivity index (χ1v) is 9.30. The molecule has 26 heavy (non-hydrogen) atoms. The van der Waals surface area contributed by atoms with Gasteiger partial charge in [0, 0.05) is 17.6 Å². The summed E-state index contributed by atoms with van der Waals surface area (Å²) in [5, 5.41) is 1.25. The number of benzene rings is 2. The summed E-state index contributed by atoms with van der Waals surface area (Å²) >= 11 is 0. The minimum atomic E-state index is 0.466. The van der Waals surface area contributed by atoms with Crippen LogP contribution in [0.2, 0.25) is 0 Å². The average Bonchev–Trinajstić information content (AvgIpc) is 2.65. The van der Waals surface area contributed by atoms with Crippen LogP contribution in [-0.2, 0) is 12.8 Å². The molecule has 4 rings (SSSR count). The van der Waals surface area contributed by atoms with E-state index in [4.69, 9.17) is 9.72 Å². The Kier molecular flexibility index (Phi) is 4.64. The number of ether oxygens (including phenoxy) is 1. The van der Waals surface area contributed by atoms with Gasteiger partial charge in [0.25, 0.3) is 0 Å². The maximum atomic E-state index is 5.46. The molecule has 1 aliphatic carbocycles. The van der Waals surface area contributed by atoms with Gasteiger partial charge in [-0.1, -0.05) is 30.3 Å². The normalized spacial score (nSPS) is 19.5. The summed E-state index contributed by atoms with van der Waals surface area (Å²) in [6.07, 6.45) is 2.07. The summed E-state index contributed by atoms with van der Waals surface area (Å²) in [6.45, 7) is 1.08. The molecule has 3 aromatic rings. The van der Waals surface area contributed by atoms with Gasteiger partial charge in [0.15, 0.2) is 0 Å². The Morgan fingerprint density at radius 3 is 2.69 bits per heavy atom. The maximum Gasteiger partial charge on any atom is 0.119 e. The van der Waals surface area contributed by atoms with E-state index < -0.39 is 0 Å². The van der Waals surface area contributed by atoms with E-state index in [0.717, 1.165) is 30.7 Å². The van der Waals surface area contributed by atoms with Crippen molar-refractivity contribution in [1.82, 2.24) is 9.88 Å². The largest absolute Gasteiger partial charge is 0.497 e. The number of para-hydroxylation sites is 1. The number of hydrogen-bond acceptors (Lipinski definition) is 3. The van der Waals surface area contributed by atoms with Gasteiger partial charge in [-0.2, -0.15) is 0 Å². The van der Waals surface area contributed by atoms with Gasteiger partial charge in [-0.3, -0.25) is 4.98 Å². The molecule has 134 valence electrons. The maximum absolute atomic E-state index is 5.46. The van der Waals surface area contributed by atoms with Crippen molar-refractivity contribution in [2.45, 2.75) is 18.8 Å². The van der Waals surface area contributed by atoms with E-state index >= 15 is 0 Å². The Hall–Kier alpha value is -2.39. The van der Waals surface area contributed by atoms with Gasteiger partial charge >= 0.3 is 0 Å². The van der Waals surface area contributed by atoms with E-state index in [1.165, 1.54) is 22.2 Å². The molecule has 3 heteroatoms. The van der Waals surface area contributed by atoms with Crippen molar-refractivity contribution >= 4 is 10.9 Å². The second kappa shape index (κ2) is 7.08. The second-order valence-electron chi connectivity index (χ2n) is 7.60. The van der Waals surface area contributed by atoms with Crippen LogP contribution in [0.1, 0.15) is 22.7 Å². The van der Waals surface area contributed by atoms with Crippen molar-refractivity contribution in [2.75, 3.05) is 27.7 Å². The van der Waals surface area contributed by atoms with Crippen LogP contribution in [0, 0.1) is 5.92 Å². The molecule has 3 nitrogen and oxygen atoms in total. The Morgan fingerprint density at radius 1 is 1.04 bits per heavy atom. The molecule has 0 fully saturated rings. The van der Waals surface area contributed by atoms with Gasteiger partial charge < -0.3 is 9.64 Å². The third kappa shape index (κ3) is 3.32. The number of hydrogen-bond donors (Lipinski definition) is 0. The molecule has 1 aromatic heterocycles. The van der Waals surface area contributed by atoms with Crippen molar-refractivity contribution in [1.29, 1.82) is 0 Å². The monoisotopic (exact) mass is 346 g/mol. The number of rotatable bonds is 4. The van der Waals surface area contributed by atoms with E-state index in [9.17, 15) is 0 Å². The molecular weight excluding hydrogens is 320 g/mol. The molecule has 0 spiro atoms. The summed E-state index contributed by atoms with van der Waals surface area (Å²) in [5.74, 6) is 1.98. The van der Waals surface area contributed by atoms with Crippen molar-refractivity contribution in [3.8, 4) is 5.75 Å². The quantitative estimate of drug-likeness (QED) is 0.704. The van der Waals surface area contributed by atoms with Crippen molar-refractivity contribution in [3.63, 3.8) is 0 Å². The minimum absolute atomic E-state index is 0.466. The minimum Gasteiger partial charge on any atom is -0.497 e. The van der Waals surface area contributed by atoms with Crippen LogP contribution in [0.15, 0.2) is 54.6 Å². The van der Waals surface area contributed by atoms with Gasteiger partial charge in [0.1, 0.15) is 5.75 Å². The Balaban J connectivity index is 1.76. The van der Waals surface area contributed by atoms with Gasteiger partial charge in [-0.25, -0.2) is 0 Å². The molecule has 1 heterocycles. The van der Waals surface area contributed by atoms with Crippen LogP contribution in [0.3, 0.4) is 0 Å². The first-order valence-electron chi connectivity index (χ1n) is 9.30. The van der Waals surface area contributed by atoms with E-state index in [2.05, 4.69) is 67.5 Å². The third-order valence-corrected chi connectivity index (χ3v) is 5.48. The summed E-state index contributed by atoms with van der Waals surface area (Å²) < 4.78 is 5.46. The van der Waals surface area contributed by atoms with Crippen molar-refractivity contribution in [2.24, 2.45) is 5.92 Å². The zero-order chi connectivity index (χ0) is 18.1. The van der Waals surface area contributed by atoms with Crippen LogP contribution in [-0.4, -0.2) is 37.6 Å². The molecule has 0 unspecified atom stereocenters. The Morgan fingerprint density at radius 2 is 1.88 bits per heavy atom. The van der Waals surface area contributed by atoms with Crippen LogP contribution < -0.4 is 4.74 Å². The number of methoxy groups -OCH3 is 1. The molecule has 0 aliphatic heterocycles. The van der Waals surface area contributed by atoms with E-state index in [1.54, 1.807) is 7.11 Å². The molecule has 0 saturated heterocycles.